The van der Waals surface area contributed by atoms with Crippen LogP contribution in [0.1, 0.15) is 38.7 Å². The molecule has 1 N–H and O–H groups in total. The summed E-state index contributed by atoms with van der Waals surface area (Å²) in [5.41, 5.74) is 1.83. The molecule has 1 unspecified atom stereocenters. The summed E-state index contributed by atoms with van der Waals surface area (Å²) >= 11 is 3.49. The van der Waals surface area contributed by atoms with Crippen LogP contribution in [0.3, 0.4) is 0 Å². The molecule has 0 radical (unpaired) electrons. The first kappa shape index (κ1) is 13.0. The van der Waals surface area contributed by atoms with E-state index in [0.717, 1.165) is 17.4 Å². The van der Waals surface area contributed by atoms with E-state index in [1.54, 1.807) is 0 Å². The number of pyridine rings is 1. The topological polar surface area (TPSA) is 24.9 Å². The van der Waals surface area contributed by atoms with Crippen molar-refractivity contribution in [2.24, 2.45) is 5.41 Å². The fourth-order valence-corrected chi connectivity index (χ4v) is 2.87. The minimum Gasteiger partial charge on any atom is -0.314 e. The van der Waals surface area contributed by atoms with Gasteiger partial charge in [-0.15, -0.1) is 0 Å². The Morgan fingerprint density at radius 2 is 2.24 bits per heavy atom. The van der Waals surface area contributed by atoms with Crippen LogP contribution in [0.25, 0.3) is 0 Å². The first-order chi connectivity index (χ1) is 8.16. The second kappa shape index (κ2) is 5.49. The standard InChI is InChI=1S/C14H21BrN2/c1-3-6-17-11(2)14(4-5-14)8-12-7-13(15)10-16-9-12/h7,9-11,17H,3-6,8H2,1-2H3. The second-order valence-corrected chi connectivity index (χ2v) is 6.14. The summed E-state index contributed by atoms with van der Waals surface area (Å²) in [5, 5.41) is 3.64. The van der Waals surface area contributed by atoms with Gasteiger partial charge in [0.2, 0.25) is 0 Å². The molecule has 0 bridgehead atoms. The lowest BCUT2D eigenvalue weighted by Crippen LogP contribution is -2.36. The Balaban J connectivity index is 1.98. The predicted octanol–water partition coefficient (Wildman–Crippen LogP) is 3.55. The molecule has 0 spiro atoms. The molecule has 94 valence electrons. The highest BCUT2D eigenvalue weighted by atomic mass is 79.9. The first-order valence-corrected chi connectivity index (χ1v) is 7.28. The zero-order valence-corrected chi connectivity index (χ0v) is 12.3. The highest BCUT2D eigenvalue weighted by Gasteiger charge is 2.46. The molecule has 0 amide bonds. The van der Waals surface area contributed by atoms with Crippen LogP contribution in [0, 0.1) is 5.41 Å². The number of nitrogens with zero attached hydrogens (tertiary/aromatic N) is 1. The monoisotopic (exact) mass is 296 g/mol. The van der Waals surface area contributed by atoms with Crippen molar-refractivity contribution in [1.82, 2.24) is 10.3 Å². The van der Waals surface area contributed by atoms with Gasteiger partial charge in [-0.05, 0) is 72.1 Å². The fraction of sp³-hybridized carbons (Fsp3) is 0.643. The van der Waals surface area contributed by atoms with Gasteiger partial charge in [0.1, 0.15) is 0 Å². The lowest BCUT2D eigenvalue weighted by atomic mass is 9.90. The number of aromatic nitrogens is 1. The van der Waals surface area contributed by atoms with Crippen molar-refractivity contribution in [2.75, 3.05) is 6.54 Å². The SMILES string of the molecule is CCCNC(C)C1(Cc2cncc(Br)c2)CC1. The van der Waals surface area contributed by atoms with Crippen LogP contribution in [-0.4, -0.2) is 17.6 Å². The van der Waals surface area contributed by atoms with Crippen molar-refractivity contribution in [2.45, 2.75) is 45.6 Å². The van der Waals surface area contributed by atoms with Gasteiger partial charge in [0, 0.05) is 22.9 Å². The molecule has 0 aliphatic heterocycles. The van der Waals surface area contributed by atoms with Crippen molar-refractivity contribution in [3.05, 3.63) is 28.5 Å². The smallest absolute Gasteiger partial charge is 0.0410 e. The van der Waals surface area contributed by atoms with Crippen LogP contribution in [0.15, 0.2) is 22.9 Å². The molecule has 1 heterocycles. The van der Waals surface area contributed by atoms with Gasteiger partial charge in [0.15, 0.2) is 0 Å². The van der Waals surface area contributed by atoms with Gasteiger partial charge < -0.3 is 5.32 Å². The van der Waals surface area contributed by atoms with E-state index in [1.807, 2.05) is 12.4 Å². The predicted molar refractivity (Wildman–Crippen MR) is 75.1 cm³/mol. The maximum Gasteiger partial charge on any atom is 0.0410 e. The Kier molecular flexibility index (Phi) is 4.21. The largest absolute Gasteiger partial charge is 0.314 e. The summed E-state index contributed by atoms with van der Waals surface area (Å²) in [6, 6.07) is 2.81. The number of hydrogen-bond donors (Lipinski definition) is 1. The van der Waals surface area contributed by atoms with Gasteiger partial charge in [-0.25, -0.2) is 0 Å². The van der Waals surface area contributed by atoms with Gasteiger partial charge in [0.05, 0.1) is 0 Å². The lowest BCUT2D eigenvalue weighted by Gasteiger charge is -2.24. The summed E-state index contributed by atoms with van der Waals surface area (Å²) in [6.45, 7) is 5.67. The molecule has 1 aliphatic rings. The summed E-state index contributed by atoms with van der Waals surface area (Å²) in [5.74, 6) is 0. The zero-order valence-electron chi connectivity index (χ0n) is 10.7. The first-order valence-electron chi connectivity index (χ1n) is 6.49. The van der Waals surface area contributed by atoms with Crippen molar-refractivity contribution >= 4 is 15.9 Å². The van der Waals surface area contributed by atoms with E-state index in [-0.39, 0.29) is 0 Å². The van der Waals surface area contributed by atoms with Crippen LogP contribution >= 0.6 is 15.9 Å². The summed E-state index contributed by atoms with van der Waals surface area (Å²) < 4.78 is 1.08. The Bertz CT molecular complexity index is 374. The van der Waals surface area contributed by atoms with E-state index < -0.39 is 0 Å². The molecular formula is C14H21BrN2. The summed E-state index contributed by atoms with van der Waals surface area (Å²) in [7, 11) is 0. The van der Waals surface area contributed by atoms with Crippen LogP contribution in [0.4, 0.5) is 0 Å². The summed E-state index contributed by atoms with van der Waals surface area (Å²) in [6.07, 6.45) is 8.89. The third-order valence-corrected chi connectivity index (χ3v) is 4.26. The number of hydrogen-bond acceptors (Lipinski definition) is 2. The molecule has 2 nitrogen and oxygen atoms in total. The van der Waals surface area contributed by atoms with Crippen LogP contribution in [0.5, 0.6) is 0 Å². The molecule has 2 rings (SSSR count). The van der Waals surface area contributed by atoms with Gasteiger partial charge in [-0.3, -0.25) is 4.98 Å². The zero-order chi connectivity index (χ0) is 12.3. The highest BCUT2D eigenvalue weighted by Crippen LogP contribution is 2.51. The Hall–Kier alpha value is -0.410. The average molecular weight is 297 g/mol. The highest BCUT2D eigenvalue weighted by molar-refractivity contribution is 9.10. The summed E-state index contributed by atoms with van der Waals surface area (Å²) in [4.78, 5) is 4.25. The van der Waals surface area contributed by atoms with E-state index in [1.165, 1.54) is 24.8 Å². The molecule has 1 aromatic rings. The minimum absolute atomic E-state index is 0.484. The van der Waals surface area contributed by atoms with E-state index in [4.69, 9.17) is 0 Å². The molecule has 17 heavy (non-hydrogen) atoms. The molecule has 1 aromatic heterocycles. The third-order valence-electron chi connectivity index (χ3n) is 3.83. The average Bonchev–Trinajstić information content (AvgIpc) is 3.07. The van der Waals surface area contributed by atoms with E-state index in [0.29, 0.717) is 11.5 Å². The molecule has 1 aliphatic carbocycles. The van der Waals surface area contributed by atoms with Crippen molar-refractivity contribution in [3.8, 4) is 0 Å². The Morgan fingerprint density at radius 1 is 1.47 bits per heavy atom. The molecule has 1 atom stereocenters. The number of rotatable bonds is 6. The number of halogens is 1. The van der Waals surface area contributed by atoms with Gasteiger partial charge in [0.25, 0.3) is 0 Å². The fourth-order valence-electron chi connectivity index (χ4n) is 2.46. The maximum atomic E-state index is 4.25. The van der Waals surface area contributed by atoms with Crippen LogP contribution < -0.4 is 5.32 Å². The van der Waals surface area contributed by atoms with E-state index >= 15 is 0 Å². The Labute approximate surface area is 112 Å². The van der Waals surface area contributed by atoms with Gasteiger partial charge in [-0.2, -0.15) is 0 Å². The molecule has 1 fully saturated rings. The maximum absolute atomic E-state index is 4.25. The van der Waals surface area contributed by atoms with Crippen molar-refractivity contribution < 1.29 is 0 Å². The van der Waals surface area contributed by atoms with Crippen LogP contribution in [-0.2, 0) is 6.42 Å². The van der Waals surface area contributed by atoms with Gasteiger partial charge in [-0.1, -0.05) is 6.92 Å². The molecule has 0 aromatic carbocycles. The third kappa shape index (κ3) is 3.29. The van der Waals surface area contributed by atoms with Crippen molar-refractivity contribution in [1.29, 1.82) is 0 Å². The minimum atomic E-state index is 0.484. The molecule has 1 saturated carbocycles. The molecule has 3 heteroatoms. The quantitative estimate of drug-likeness (QED) is 0.868. The molecular weight excluding hydrogens is 276 g/mol. The number of nitrogens with one attached hydrogen (secondary N) is 1. The van der Waals surface area contributed by atoms with E-state index in [2.05, 4.69) is 46.1 Å². The van der Waals surface area contributed by atoms with Crippen LogP contribution in [0.2, 0.25) is 0 Å². The molecule has 0 saturated heterocycles. The van der Waals surface area contributed by atoms with E-state index in [9.17, 15) is 0 Å². The Morgan fingerprint density at radius 3 is 2.82 bits per heavy atom. The second-order valence-electron chi connectivity index (χ2n) is 5.23. The lowest BCUT2D eigenvalue weighted by molar-refractivity contribution is 0.350. The van der Waals surface area contributed by atoms with Gasteiger partial charge >= 0.3 is 0 Å². The normalized spacial score (nSPS) is 19.0. The van der Waals surface area contributed by atoms with Crippen molar-refractivity contribution in [3.63, 3.8) is 0 Å².